The fraction of sp³-hybridized carbons (Fsp3) is 1.00. The second-order valence-electron chi connectivity index (χ2n) is 6.16. The molecule has 20 heavy (non-hydrogen) atoms. The molecule has 0 aromatic heterocycles. The van der Waals surface area contributed by atoms with Crippen LogP contribution < -0.4 is 0 Å². The molecular weight excluding hydrogens is 250 g/mol. The van der Waals surface area contributed by atoms with Crippen molar-refractivity contribution in [2.24, 2.45) is 0 Å². The maximum absolute atomic E-state index is 9.10. The van der Waals surface area contributed by atoms with Gasteiger partial charge < -0.3 is 9.84 Å². The Hall–Kier alpha value is -0.120. The van der Waals surface area contributed by atoms with E-state index in [1.165, 1.54) is 70.8 Å². The number of nitrogens with zero attached hydrogens (tertiary/aromatic N) is 1. The van der Waals surface area contributed by atoms with Crippen molar-refractivity contribution >= 4 is 0 Å². The van der Waals surface area contributed by atoms with E-state index in [9.17, 15) is 0 Å². The third-order valence-electron chi connectivity index (χ3n) is 4.25. The number of hydrogen-bond acceptors (Lipinski definition) is 3. The number of rotatable bonds is 12. The third-order valence-corrected chi connectivity index (χ3v) is 4.25. The van der Waals surface area contributed by atoms with Crippen LogP contribution in [-0.2, 0) is 4.74 Å². The molecular formula is C17H35NO2. The molecule has 120 valence electrons. The molecule has 0 saturated carbocycles. The molecule has 0 radical (unpaired) electrons. The molecule has 1 N–H and O–H groups in total. The van der Waals surface area contributed by atoms with E-state index in [4.69, 9.17) is 9.84 Å². The van der Waals surface area contributed by atoms with Gasteiger partial charge in [-0.2, -0.15) is 0 Å². The van der Waals surface area contributed by atoms with Crippen molar-refractivity contribution in [3.8, 4) is 0 Å². The Kier molecular flexibility index (Phi) is 11.3. The van der Waals surface area contributed by atoms with Gasteiger partial charge in [0.2, 0.25) is 0 Å². The first-order valence-electron chi connectivity index (χ1n) is 8.81. The van der Waals surface area contributed by atoms with Gasteiger partial charge >= 0.3 is 0 Å². The lowest BCUT2D eigenvalue weighted by atomic mass is 10.1. The molecule has 0 spiro atoms. The second kappa shape index (κ2) is 12.6. The fourth-order valence-electron chi connectivity index (χ4n) is 2.92. The highest BCUT2D eigenvalue weighted by Gasteiger charge is 2.18. The van der Waals surface area contributed by atoms with Crippen LogP contribution >= 0.6 is 0 Å². The van der Waals surface area contributed by atoms with Crippen molar-refractivity contribution in [3.63, 3.8) is 0 Å². The highest BCUT2D eigenvalue weighted by Crippen LogP contribution is 2.11. The van der Waals surface area contributed by atoms with Gasteiger partial charge in [-0.15, -0.1) is 0 Å². The van der Waals surface area contributed by atoms with Gasteiger partial charge in [0.1, 0.15) is 0 Å². The Morgan fingerprint density at radius 2 is 1.55 bits per heavy atom. The highest BCUT2D eigenvalue weighted by molar-refractivity contribution is 4.70. The normalized spacial score (nSPS) is 20.4. The summed E-state index contributed by atoms with van der Waals surface area (Å²) < 4.78 is 5.47. The average Bonchev–Trinajstić information content (AvgIpc) is 2.49. The summed E-state index contributed by atoms with van der Waals surface area (Å²) in [7, 11) is 0. The molecule has 0 aromatic carbocycles. The minimum Gasteiger partial charge on any atom is -0.394 e. The molecule has 1 saturated heterocycles. The molecule has 1 rings (SSSR count). The third kappa shape index (κ3) is 8.93. The van der Waals surface area contributed by atoms with Crippen LogP contribution in [0.15, 0.2) is 0 Å². The van der Waals surface area contributed by atoms with E-state index in [2.05, 4.69) is 11.8 Å². The molecule has 0 bridgehead atoms. The van der Waals surface area contributed by atoms with Crippen LogP contribution in [0.5, 0.6) is 0 Å². The zero-order valence-electron chi connectivity index (χ0n) is 13.5. The van der Waals surface area contributed by atoms with E-state index in [-0.39, 0.29) is 12.7 Å². The van der Waals surface area contributed by atoms with Crippen LogP contribution in [-0.4, -0.2) is 49.0 Å². The Morgan fingerprint density at radius 3 is 2.15 bits per heavy atom. The molecule has 1 heterocycles. The predicted octanol–water partition coefficient (Wildman–Crippen LogP) is 3.60. The number of aliphatic hydroxyl groups is 1. The van der Waals surface area contributed by atoms with Gasteiger partial charge in [0.25, 0.3) is 0 Å². The van der Waals surface area contributed by atoms with Crippen LogP contribution in [0.25, 0.3) is 0 Å². The maximum Gasteiger partial charge on any atom is 0.0932 e. The van der Waals surface area contributed by atoms with E-state index in [1.54, 1.807) is 0 Å². The maximum atomic E-state index is 9.10. The topological polar surface area (TPSA) is 32.7 Å². The van der Waals surface area contributed by atoms with Crippen LogP contribution in [0.4, 0.5) is 0 Å². The van der Waals surface area contributed by atoms with Gasteiger partial charge in [0, 0.05) is 13.1 Å². The lowest BCUT2D eigenvalue weighted by molar-refractivity contribution is -0.0529. The summed E-state index contributed by atoms with van der Waals surface area (Å²) in [6.45, 7) is 6.34. The Labute approximate surface area is 125 Å². The first-order valence-corrected chi connectivity index (χ1v) is 8.81. The zero-order chi connectivity index (χ0) is 14.5. The smallest absolute Gasteiger partial charge is 0.0932 e. The van der Waals surface area contributed by atoms with Gasteiger partial charge in [-0.1, -0.05) is 64.7 Å². The summed E-state index contributed by atoms with van der Waals surface area (Å²) in [4.78, 5) is 2.44. The van der Waals surface area contributed by atoms with Crippen LogP contribution in [0.1, 0.15) is 71.1 Å². The molecule has 1 fully saturated rings. The van der Waals surface area contributed by atoms with Crippen LogP contribution in [0.3, 0.4) is 0 Å². The first-order chi connectivity index (χ1) is 9.86. The minimum absolute atomic E-state index is 0.0480. The molecule has 1 aliphatic rings. The summed E-state index contributed by atoms with van der Waals surface area (Å²) in [5, 5.41) is 9.10. The molecule has 1 aliphatic heterocycles. The molecule has 0 aliphatic carbocycles. The van der Waals surface area contributed by atoms with Crippen molar-refractivity contribution < 1.29 is 9.84 Å². The Balaban J connectivity index is 1.82. The Bertz CT molecular complexity index is 211. The van der Waals surface area contributed by atoms with Crippen molar-refractivity contribution in [2.45, 2.75) is 77.2 Å². The fourth-order valence-corrected chi connectivity index (χ4v) is 2.92. The van der Waals surface area contributed by atoms with Crippen molar-refractivity contribution in [1.82, 2.24) is 4.90 Å². The van der Waals surface area contributed by atoms with Crippen molar-refractivity contribution in [1.29, 1.82) is 0 Å². The van der Waals surface area contributed by atoms with E-state index in [0.29, 0.717) is 0 Å². The molecule has 1 unspecified atom stereocenters. The number of unbranched alkanes of at least 4 members (excludes halogenated alkanes) is 9. The quantitative estimate of drug-likeness (QED) is 0.556. The SMILES string of the molecule is CCCCCCCCCCCCN1CCOC(CO)C1. The van der Waals surface area contributed by atoms with Gasteiger partial charge in [-0.3, -0.25) is 4.90 Å². The zero-order valence-corrected chi connectivity index (χ0v) is 13.5. The van der Waals surface area contributed by atoms with Crippen molar-refractivity contribution in [2.75, 3.05) is 32.8 Å². The standard InChI is InChI=1S/C17H35NO2/c1-2-3-4-5-6-7-8-9-10-11-12-18-13-14-20-17(15-18)16-19/h17,19H,2-16H2,1H3. The average molecular weight is 285 g/mol. The summed E-state index contributed by atoms with van der Waals surface area (Å²) in [6, 6.07) is 0. The van der Waals surface area contributed by atoms with Gasteiger partial charge in [-0.25, -0.2) is 0 Å². The summed E-state index contributed by atoms with van der Waals surface area (Å²) >= 11 is 0. The minimum atomic E-state index is 0.0480. The molecule has 3 nitrogen and oxygen atoms in total. The van der Waals surface area contributed by atoms with E-state index in [0.717, 1.165) is 19.7 Å². The van der Waals surface area contributed by atoms with Crippen LogP contribution in [0.2, 0.25) is 0 Å². The van der Waals surface area contributed by atoms with E-state index < -0.39 is 0 Å². The summed E-state index contributed by atoms with van der Waals surface area (Å²) in [5.74, 6) is 0. The predicted molar refractivity (Wildman–Crippen MR) is 85.1 cm³/mol. The van der Waals surface area contributed by atoms with Crippen LogP contribution in [0, 0.1) is 0 Å². The lowest BCUT2D eigenvalue weighted by Crippen LogP contribution is -2.44. The largest absolute Gasteiger partial charge is 0.394 e. The summed E-state index contributed by atoms with van der Waals surface area (Å²) in [5.41, 5.74) is 0. The van der Waals surface area contributed by atoms with Gasteiger partial charge in [-0.05, 0) is 13.0 Å². The summed E-state index contributed by atoms with van der Waals surface area (Å²) in [6.07, 6.45) is 14.0. The molecule has 1 atom stereocenters. The highest BCUT2D eigenvalue weighted by atomic mass is 16.5. The first kappa shape index (κ1) is 17.9. The van der Waals surface area contributed by atoms with Gasteiger partial charge in [0.05, 0.1) is 19.3 Å². The number of aliphatic hydroxyl groups excluding tert-OH is 1. The lowest BCUT2D eigenvalue weighted by Gasteiger charge is -2.31. The molecule has 0 aromatic rings. The Morgan fingerprint density at radius 1 is 0.950 bits per heavy atom. The van der Waals surface area contributed by atoms with Crippen molar-refractivity contribution in [3.05, 3.63) is 0 Å². The second-order valence-corrected chi connectivity index (χ2v) is 6.16. The molecule has 3 heteroatoms. The van der Waals surface area contributed by atoms with E-state index >= 15 is 0 Å². The van der Waals surface area contributed by atoms with Gasteiger partial charge in [0.15, 0.2) is 0 Å². The number of hydrogen-bond donors (Lipinski definition) is 1. The number of ether oxygens (including phenoxy) is 1. The van der Waals surface area contributed by atoms with E-state index in [1.807, 2.05) is 0 Å². The molecule has 0 amide bonds. The number of morpholine rings is 1. The monoisotopic (exact) mass is 285 g/mol.